The van der Waals surface area contributed by atoms with E-state index < -0.39 is 6.09 Å². The maximum absolute atomic E-state index is 11.1. The molecule has 1 amide bonds. The number of aromatic nitrogens is 4. The second kappa shape index (κ2) is 8.60. The second-order valence-electron chi connectivity index (χ2n) is 6.75. The van der Waals surface area contributed by atoms with Crippen LogP contribution in [-0.4, -0.2) is 69.3 Å². The van der Waals surface area contributed by atoms with Crippen molar-refractivity contribution in [2.45, 2.75) is 0 Å². The van der Waals surface area contributed by atoms with Crippen molar-refractivity contribution in [3.8, 4) is 11.3 Å². The maximum atomic E-state index is 11.1. The molecule has 3 N–H and O–H groups in total. The van der Waals surface area contributed by atoms with Crippen LogP contribution in [0, 0.1) is 0 Å². The first kappa shape index (κ1) is 19.4. The first-order chi connectivity index (χ1) is 14.6. The quantitative estimate of drug-likeness (QED) is 0.587. The zero-order chi connectivity index (χ0) is 20.9. The Hall–Kier alpha value is -3.95. The van der Waals surface area contributed by atoms with E-state index in [0.717, 1.165) is 22.8 Å². The van der Waals surface area contributed by atoms with Crippen LogP contribution in [0.1, 0.15) is 0 Å². The molecule has 4 heterocycles. The number of carbonyl (C=O) groups is 1. The van der Waals surface area contributed by atoms with Crippen molar-refractivity contribution in [3.05, 3.63) is 49.1 Å². The van der Waals surface area contributed by atoms with E-state index in [1.807, 2.05) is 31.3 Å². The number of carboxylic acid groups (broad SMARTS) is 1. The Balaban J connectivity index is 1.58. The SMILES string of the molecule is CNc1cc(Nc2cnccn2)nc(-c2ccnc(N3CCN(C(=O)O)CC3)c2)c1. The van der Waals surface area contributed by atoms with Gasteiger partial charge in [-0.1, -0.05) is 0 Å². The van der Waals surface area contributed by atoms with E-state index in [1.54, 1.807) is 24.8 Å². The Bertz CT molecular complexity index is 1020. The van der Waals surface area contributed by atoms with E-state index in [4.69, 9.17) is 10.1 Å². The van der Waals surface area contributed by atoms with Gasteiger partial charge in [0, 0.05) is 69.1 Å². The summed E-state index contributed by atoms with van der Waals surface area (Å²) in [5.41, 5.74) is 2.60. The lowest BCUT2D eigenvalue weighted by molar-refractivity contribution is 0.142. The number of anilines is 4. The minimum absolute atomic E-state index is 0.459. The predicted molar refractivity (Wildman–Crippen MR) is 114 cm³/mol. The summed E-state index contributed by atoms with van der Waals surface area (Å²) in [6.45, 7) is 2.13. The van der Waals surface area contributed by atoms with Gasteiger partial charge in [0.1, 0.15) is 17.5 Å². The summed E-state index contributed by atoms with van der Waals surface area (Å²) >= 11 is 0. The molecule has 0 aliphatic carbocycles. The van der Waals surface area contributed by atoms with Crippen molar-refractivity contribution in [3.63, 3.8) is 0 Å². The van der Waals surface area contributed by atoms with Gasteiger partial charge in [-0.2, -0.15) is 0 Å². The number of hydrogen-bond acceptors (Lipinski definition) is 8. The number of pyridine rings is 2. The third kappa shape index (κ3) is 4.37. The summed E-state index contributed by atoms with van der Waals surface area (Å²) in [6.07, 6.45) is 5.73. The van der Waals surface area contributed by atoms with Crippen LogP contribution < -0.4 is 15.5 Å². The fourth-order valence-corrected chi connectivity index (χ4v) is 3.26. The molecule has 154 valence electrons. The number of nitrogens with zero attached hydrogens (tertiary/aromatic N) is 6. The summed E-state index contributed by atoms with van der Waals surface area (Å²) in [4.78, 5) is 32.1. The van der Waals surface area contributed by atoms with Crippen LogP contribution in [0.15, 0.2) is 49.1 Å². The molecule has 1 fully saturated rings. The molecule has 0 bridgehead atoms. The molecular formula is C20H22N8O2. The first-order valence-corrected chi connectivity index (χ1v) is 9.54. The fourth-order valence-electron chi connectivity index (χ4n) is 3.26. The average molecular weight is 406 g/mol. The highest BCUT2D eigenvalue weighted by Crippen LogP contribution is 2.27. The Labute approximate surface area is 173 Å². The zero-order valence-corrected chi connectivity index (χ0v) is 16.5. The van der Waals surface area contributed by atoms with Crippen LogP contribution >= 0.6 is 0 Å². The summed E-state index contributed by atoms with van der Waals surface area (Å²) < 4.78 is 0. The molecule has 0 unspecified atom stereocenters. The van der Waals surface area contributed by atoms with E-state index >= 15 is 0 Å². The fraction of sp³-hybridized carbons (Fsp3) is 0.250. The first-order valence-electron chi connectivity index (χ1n) is 9.54. The van der Waals surface area contributed by atoms with Gasteiger partial charge in [-0.3, -0.25) is 4.98 Å². The monoisotopic (exact) mass is 406 g/mol. The normalized spacial score (nSPS) is 13.8. The van der Waals surface area contributed by atoms with Gasteiger partial charge in [-0.25, -0.2) is 19.7 Å². The molecular weight excluding hydrogens is 384 g/mol. The van der Waals surface area contributed by atoms with Crippen molar-refractivity contribution in [2.75, 3.05) is 48.8 Å². The number of nitrogens with one attached hydrogen (secondary N) is 2. The molecule has 0 saturated carbocycles. The summed E-state index contributed by atoms with van der Waals surface area (Å²) in [6, 6.07) is 7.74. The van der Waals surface area contributed by atoms with Crippen molar-refractivity contribution < 1.29 is 9.90 Å². The summed E-state index contributed by atoms with van der Waals surface area (Å²) in [5, 5.41) is 15.5. The molecule has 1 saturated heterocycles. The molecule has 1 aliphatic heterocycles. The van der Waals surface area contributed by atoms with Crippen molar-refractivity contribution in [1.29, 1.82) is 0 Å². The van der Waals surface area contributed by atoms with Crippen LogP contribution in [0.5, 0.6) is 0 Å². The van der Waals surface area contributed by atoms with E-state index in [0.29, 0.717) is 37.8 Å². The van der Waals surface area contributed by atoms with Gasteiger partial charge in [-0.15, -0.1) is 0 Å². The topological polar surface area (TPSA) is 119 Å². The van der Waals surface area contributed by atoms with Gasteiger partial charge in [-0.05, 0) is 18.2 Å². The Morgan fingerprint density at radius 1 is 1.03 bits per heavy atom. The minimum atomic E-state index is -0.882. The zero-order valence-electron chi connectivity index (χ0n) is 16.5. The molecule has 3 aromatic heterocycles. The lowest BCUT2D eigenvalue weighted by Gasteiger charge is -2.33. The van der Waals surface area contributed by atoms with E-state index in [-0.39, 0.29) is 0 Å². The maximum Gasteiger partial charge on any atom is 0.407 e. The molecule has 0 spiro atoms. The van der Waals surface area contributed by atoms with Gasteiger partial charge in [0.15, 0.2) is 0 Å². The van der Waals surface area contributed by atoms with Crippen LogP contribution in [0.2, 0.25) is 0 Å². The molecule has 3 aromatic rings. The smallest absolute Gasteiger partial charge is 0.407 e. The lowest BCUT2D eigenvalue weighted by atomic mass is 10.1. The van der Waals surface area contributed by atoms with Crippen LogP contribution in [0.3, 0.4) is 0 Å². The molecule has 0 radical (unpaired) electrons. The largest absolute Gasteiger partial charge is 0.465 e. The summed E-state index contributed by atoms with van der Waals surface area (Å²) in [5.74, 6) is 2.05. The standard InChI is InChI=1S/C20H22N8O2/c1-21-15-11-16(25-17(12-15)26-18-13-22-4-5-23-18)14-2-3-24-19(10-14)27-6-8-28(9-7-27)20(29)30/h2-5,10-13H,6-9H2,1H3,(H,29,30)(H2,21,23,25,26). The molecule has 1 aliphatic rings. The summed E-state index contributed by atoms with van der Waals surface area (Å²) in [7, 11) is 1.85. The third-order valence-electron chi connectivity index (χ3n) is 4.85. The van der Waals surface area contributed by atoms with Gasteiger partial charge in [0.05, 0.1) is 11.9 Å². The van der Waals surface area contributed by atoms with Gasteiger partial charge >= 0.3 is 6.09 Å². The number of amides is 1. The van der Waals surface area contributed by atoms with Gasteiger partial charge in [0.25, 0.3) is 0 Å². The van der Waals surface area contributed by atoms with E-state index in [9.17, 15) is 4.79 Å². The van der Waals surface area contributed by atoms with Crippen LogP contribution in [0.25, 0.3) is 11.3 Å². The molecule has 10 heteroatoms. The Morgan fingerprint density at radius 3 is 2.57 bits per heavy atom. The van der Waals surface area contributed by atoms with Crippen molar-refractivity contribution in [2.24, 2.45) is 0 Å². The Kier molecular flexibility index (Phi) is 5.55. The van der Waals surface area contributed by atoms with Crippen LogP contribution in [-0.2, 0) is 0 Å². The molecule has 30 heavy (non-hydrogen) atoms. The number of hydrogen-bond donors (Lipinski definition) is 3. The molecule has 0 aromatic carbocycles. The van der Waals surface area contributed by atoms with Crippen LogP contribution in [0.4, 0.5) is 27.9 Å². The average Bonchev–Trinajstić information content (AvgIpc) is 2.79. The van der Waals surface area contributed by atoms with Crippen molar-refractivity contribution >= 4 is 29.2 Å². The van der Waals surface area contributed by atoms with Gasteiger partial charge in [0.2, 0.25) is 0 Å². The lowest BCUT2D eigenvalue weighted by Crippen LogP contribution is -2.48. The van der Waals surface area contributed by atoms with E-state index in [1.165, 1.54) is 4.90 Å². The highest BCUT2D eigenvalue weighted by molar-refractivity contribution is 5.71. The molecule has 10 nitrogen and oxygen atoms in total. The van der Waals surface area contributed by atoms with E-state index in [2.05, 4.69) is 30.5 Å². The minimum Gasteiger partial charge on any atom is -0.465 e. The predicted octanol–water partition coefficient (Wildman–Crippen LogP) is 2.52. The van der Waals surface area contributed by atoms with Crippen molar-refractivity contribution in [1.82, 2.24) is 24.8 Å². The molecule has 0 atom stereocenters. The molecule has 4 rings (SSSR count). The second-order valence-corrected chi connectivity index (χ2v) is 6.75. The Morgan fingerprint density at radius 2 is 1.87 bits per heavy atom. The number of rotatable bonds is 5. The van der Waals surface area contributed by atoms with Gasteiger partial charge < -0.3 is 25.5 Å². The third-order valence-corrected chi connectivity index (χ3v) is 4.85. The highest BCUT2D eigenvalue weighted by atomic mass is 16.4. The number of piperazine rings is 1. The highest BCUT2D eigenvalue weighted by Gasteiger charge is 2.21.